The molecule has 0 atom stereocenters. The SMILES string of the molecule is CCc1nn(C)cc1-n1c(=S)[nH]c2ccc(F)c(F)c21. The largest absolute Gasteiger partial charge is 0.330 e. The van der Waals surface area contributed by atoms with Crippen LogP contribution in [0.4, 0.5) is 8.78 Å². The standard InChI is InChI=1S/C13H12F2N4S/c1-3-8-10(6-18(2)17-8)19-12-9(16-13(19)20)5-4-7(14)11(12)15/h4-6H,3H2,1-2H3,(H,16,20). The monoisotopic (exact) mass is 294 g/mol. The number of hydrogen-bond acceptors (Lipinski definition) is 2. The van der Waals surface area contributed by atoms with E-state index in [0.717, 1.165) is 11.8 Å². The summed E-state index contributed by atoms with van der Waals surface area (Å²) in [5, 5.41) is 4.30. The third-order valence-electron chi connectivity index (χ3n) is 3.20. The van der Waals surface area contributed by atoms with Gasteiger partial charge in [-0.3, -0.25) is 9.25 Å². The number of nitrogens with zero attached hydrogens (tertiary/aromatic N) is 3. The number of aromatic nitrogens is 4. The van der Waals surface area contributed by atoms with Gasteiger partial charge in [-0.25, -0.2) is 8.78 Å². The molecule has 3 rings (SSSR count). The number of aryl methyl sites for hydroxylation is 2. The van der Waals surface area contributed by atoms with Crippen LogP contribution in [0.25, 0.3) is 16.7 Å². The van der Waals surface area contributed by atoms with Gasteiger partial charge in [0, 0.05) is 13.2 Å². The molecule has 0 fully saturated rings. The number of fused-ring (bicyclic) bond motifs is 1. The van der Waals surface area contributed by atoms with Gasteiger partial charge >= 0.3 is 0 Å². The Kier molecular flexibility index (Phi) is 2.93. The second kappa shape index (κ2) is 4.52. The van der Waals surface area contributed by atoms with E-state index >= 15 is 0 Å². The van der Waals surface area contributed by atoms with E-state index in [0.29, 0.717) is 22.4 Å². The Morgan fingerprint density at radius 2 is 2.10 bits per heavy atom. The summed E-state index contributed by atoms with van der Waals surface area (Å²) < 4.78 is 31.0. The van der Waals surface area contributed by atoms with Gasteiger partial charge in [0.05, 0.1) is 16.9 Å². The Labute approximate surface area is 118 Å². The van der Waals surface area contributed by atoms with E-state index in [1.165, 1.54) is 10.6 Å². The maximum Gasteiger partial charge on any atom is 0.184 e. The maximum atomic E-state index is 14.1. The highest BCUT2D eigenvalue weighted by Crippen LogP contribution is 2.25. The van der Waals surface area contributed by atoms with Crippen molar-refractivity contribution in [3.63, 3.8) is 0 Å². The summed E-state index contributed by atoms with van der Waals surface area (Å²) in [6.07, 6.45) is 2.41. The fourth-order valence-electron chi connectivity index (χ4n) is 2.32. The summed E-state index contributed by atoms with van der Waals surface area (Å²) in [6.45, 7) is 1.95. The minimum Gasteiger partial charge on any atom is -0.330 e. The predicted molar refractivity (Wildman–Crippen MR) is 74.5 cm³/mol. The summed E-state index contributed by atoms with van der Waals surface area (Å²) >= 11 is 5.24. The Hall–Kier alpha value is -2.02. The molecule has 20 heavy (non-hydrogen) atoms. The number of halogens is 2. The van der Waals surface area contributed by atoms with Crippen LogP contribution in [0.15, 0.2) is 18.3 Å². The highest BCUT2D eigenvalue weighted by Gasteiger charge is 2.18. The lowest BCUT2D eigenvalue weighted by Gasteiger charge is -2.04. The molecule has 0 aliphatic carbocycles. The van der Waals surface area contributed by atoms with Gasteiger partial charge in [-0.05, 0) is 30.8 Å². The first-order chi connectivity index (χ1) is 9.52. The molecule has 0 spiro atoms. The number of imidazole rings is 1. The van der Waals surface area contributed by atoms with Gasteiger partial charge in [-0.2, -0.15) is 5.10 Å². The van der Waals surface area contributed by atoms with Crippen molar-refractivity contribution in [1.82, 2.24) is 19.3 Å². The highest BCUT2D eigenvalue weighted by atomic mass is 32.1. The molecule has 1 aromatic carbocycles. The Balaban J connectivity index is 2.44. The summed E-state index contributed by atoms with van der Waals surface area (Å²) in [6, 6.07) is 2.55. The molecule has 0 aliphatic heterocycles. The van der Waals surface area contributed by atoms with Crippen LogP contribution < -0.4 is 0 Å². The van der Waals surface area contributed by atoms with Crippen molar-refractivity contribution in [2.24, 2.45) is 7.05 Å². The smallest absolute Gasteiger partial charge is 0.184 e. The number of H-pyrrole nitrogens is 1. The van der Waals surface area contributed by atoms with E-state index in [2.05, 4.69) is 10.1 Å². The summed E-state index contributed by atoms with van der Waals surface area (Å²) in [5.74, 6) is -1.82. The van der Waals surface area contributed by atoms with Crippen molar-refractivity contribution in [1.29, 1.82) is 0 Å². The lowest BCUT2D eigenvalue weighted by atomic mass is 10.2. The number of benzene rings is 1. The van der Waals surface area contributed by atoms with Crippen molar-refractivity contribution in [2.45, 2.75) is 13.3 Å². The van der Waals surface area contributed by atoms with Crippen LogP contribution in [0.2, 0.25) is 0 Å². The Bertz CT molecular complexity index is 859. The minimum absolute atomic E-state index is 0.109. The van der Waals surface area contributed by atoms with Gasteiger partial charge in [0.15, 0.2) is 16.4 Å². The van der Waals surface area contributed by atoms with Gasteiger partial charge in [-0.1, -0.05) is 6.92 Å². The second-order valence-electron chi connectivity index (χ2n) is 4.51. The first-order valence-electron chi connectivity index (χ1n) is 6.14. The quantitative estimate of drug-likeness (QED) is 0.737. The Morgan fingerprint density at radius 3 is 2.80 bits per heavy atom. The van der Waals surface area contributed by atoms with Crippen LogP contribution in [0.1, 0.15) is 12.6 Å². The van der Waals surface area contributed by atoms with Gasteiger partial charge < -0.3 is 4.98 Å². The summed E-state index contributed by atoms with van der Waals surface area (Å²) in [5.41, 5.74) is 2.00. The molecule has 1 N–H and O–H groups in total. The van der Waals surface area contributed by atoms with E-state index in [1.807, 2.05) is 6.92 Å². The molecule has 0 bridgehead atoms. The van der Waals surface area contributed by atoms with Crippen LogP contribution >= 0.6 is 12.2 Å². The third-order valence-corrected chi connectivity index (χ3v) is 3.48. The number of hydrogen-bond donors (Lipinski definition) is 1. The minimum atomic E-state index is -0.916. The van der Waals surface area contributed by atoms with Gasteiger partial charge in [0.1, 0.15) is 5.52 Å². The molecule has 0 saturated carbocycles. The van der Waals surface area contributed by atoms with Crippen LogP contribution in [-0.2, 0) is 13.5 Å². The van der Waals surface area contributed by atoms with Gasteiger partial charge in [0.25, 0.3) is 0 Å². The molecule has 4 nitrogen and oxygen atoms in total. The number of nitrogens with one attached hydrogen (secondary N) is 1. The molecule has 7 heteroatoms. The normalized spacial score (nSPS) is 11.4. The number of rotatable bonds is 2. The summed E-state index contributed by atoms with van der Waals surface area (Å²) in [4.78, 5) is 2.89. The first-order valence-corrected chi connectivity index (χ1v) is 6.55. The van der Waals surface area contributed by atoms with Crippen molar-refractivity contribution in [3.05, 3.63) is 40.4 Å². The van der Waals surface area contributed by atoms with Crippen molar-refractivity contribution in [2.75, 3.05) is 0 Å². The first kappa shape index (κ1) is 13.0. The van der Waals surface area contributed by atoms with Crippen molar-refractivity contribution >= 4 is 23.3 Å². The van der Waals surface area contributed by atoms with E-state index in [1.54, 1.807) is 17.9 Å². The average Bonchev–Trinajstić information content (AvgIpc) is 2.93. The van der Waals surface area contributed by atoms with Gasteiger partial charge in [-0.15, -0.1) is 0 Å². The fourth-order valence-corrected chi connectivity index (χ4v) is 2.62. The molecule has 3 aromatic rings. The lowest BCUT2D eigenvalue weighted by Crippen LogP contribution is -1.99. The zero-order chi connectivity index (χ0) is 14.4. The molecule has 0 amide bonds. The van der Waals surface area contributed by atoms with E-state index in [9.17, 15) is 8.78 Å². The molecule has 2 aromatic heterocycles. The van der Waals surface area contributed by atoms with Crippen molar-refractivity contribution < 1.29 is 8.78 Å². The molecule has 104 valence electrons. The molecule has 0 radical (unpaired) electrons. The number of aromatic amines is 1. The molecular weight excluding hydrogens is 282 g/mol. The second-order valence-corrected chi connectivity index (χ2v) is 4.90. The highest BCUT2D eigenvalue weighted by molar-refractivity contribution is 7.71. The zero-order valence-corrected chi connectivity index (χ0v) is 11.8. The third kappa shape index (κ3) is 1.77. The predicted octanol–water partition coefficient (Wildman–Crippen LogP) is 3.26. The van der Waals surface area contributed by atoms with Crippen LogP contribution in [0.3, 0.4) is 0 Å². The molecule has 0 unspecified atom stereocenters. The van der Waals surface area contributed by atoms with Crippen LogP contribution in [0.5, 0.6) is 0 Å². The Morgan fingerprint density at radius 1 is 1.35 bits per heavy atom. The summed E-state index contributed by atoms with van der Waals surface area (Å²) in [7, 11) is 1.78. The van der Waals surface area contributed by atoms with E-state index in [-0.39, 0.29) is 5.52 Å². The van der Waals surface area contributed by atoms with E-state index < -0.39 is 11.6 Å². The average molecular weight is 294 g/mol. The van der Waals surface area contributed by atoms with Crippen LogP contribution in [-0.4, -0.2) is 19.3 Å². The molecule has 2 heterocycles. The molecule has 0 aliphatic rings. The topological polar surface area (TPSA) is 38.5 Å². The van der Waals surface area contributed by atoms with E-state index in [4.69, 9.17) is 12.2 Å². The fraction of sp³-hybridized carbons (Fsp3) is 0.231. The van der Waals surface area contributed by atoms with Gasteiger partial charge in [0.2, 0.25) is 0 Å². The molecular formula is C13H12F2N4S. The van der Waals surface area contributed by atoms with Crippen molar-refractivity contribution in [3.8, 4) is 5.69 Å². The lowest BCUT2D eigenvalue weighted by molar-refractivity contribution is 0.514. The maximum absolute atomic E-state index is 14.1. The van der Waals surface area contributed by atoms with Crippen LogP contribution in [0, 0.1) is 16.4 Å². The molecule has 0 saturated heterocycles. The zero-order valence-electron chi connectivity index (χ0n) is 10.9.